The maximum absolute atomic E-state index is 2.51. The molecule has 1 saturated heterocycles. The Labute approximate surface area is 98.9 Å². The molecule has 16 heavy (non-hydrogen) atoms. The molecule has 2 heteroatoms. The third kappa shape index (κ3) is 2.56. The van der Waals surface area contributed by atoms with Crippen molar-refractivity contribution < 1.29 is 0 Å². The first-order valence-corrected chi connectivity index (χ1v) is 6.18. The SMILES string of the molecule is Cc1ccc(N2CCCN(C)C(C)C2)cc1. The molecule has 0 saturated carbocycles. The van der Waals surface area contributed by atoms with Gasteiger partial charge in [0, 0.05) is 24.8 Å². The van der Waals surface area contributed by atoms with Gasteiger partial charge in [-0.2, -0.15) is 0 Å². The van der Waals surface area contributed by atoms with Crippen LogP contribution in [0.25, 0.3) is 0 Å². The molecule has 2 rings (SSSR count). The van der Waals surface area contributed by atoms with E-state index in [2.05, 4.69) is 55.0 Å². The molecule has 0 spiro atoms. The van der Waals surface area contributed by atoms with E-state index in [0.717, 1.165) is 6.54 Å². The molecule has 1 aromatic rings. The Bertz CT molecular complexity index is 331. The highest BCUT2D eigenvalue weighted by Gasteiger charge is 2.18. The van der Waals surface area contributed by atoms with Gasteiger partial charge in [-0.25, -0.2) is 0 Å². The van der Waals surface area contributed by atoms with E-state index in [1.54, 1.807) is 0 Å². The molecule has 1 heterocycles. The number of anilines is 1. The average molecular weight is 218 g/mol. The fourth-order valence-corrected chi connectivity index (χ4v) is 2.27. The lowest BCUT2D eigenvalue weighted by Gasteiger charge is -2.27. The zero-order chi connectivity index (χ0) is 11.5. The summed E-state index contributed by atoms with van der Waals surface area (Å²) in [4.78, 5) is 4.96. The first kappa shape index (κ1) is 11.5. The molecular weight excluding hydrogens is 196 g/mol. The van der Waals surface area contributed by atoms with Crippen LogP contribution in [0, 0.1) is 6.92 Å². The largest absolute Gasteiger partial charge is 0.370 e. The van der Waals surface area contributed by atoms with Crippen molar-refractivity contribution in [1.82, 2.24) is 4.90 Å². The monoisotopic (exact) mass is 218 g/mol. The Balaban J connectivity index is 2.11. The molecule has 0 amide bonds. The van der Waals surface area contributed by atoms with Gasteiger partial charge in [-0.05, 0) is 46.0 Å². The van der Waals surface area contributed by atoms with Crippen LogP contribution < -0.4 is 4.90 Å². The van der Waals surface area contributed by atoms with Crippen molar-refractivity contribution in [2.45, 2.75) is 26.3 Å². The summed E-state index contributed by atoms with van der Waals surface area (Å²) < 4.78 is 0. The topological polar surface area (TPSA) is 6.48 Å². The predicted molar refractivity (Wildman–Crippen MR) is 70.1 cm³/mol. The molecule has 0 bridgehead atoms. The van der Waals surface area contributed by atoms with Crippen molar-refractivity contribution in [2.24, 2.45) is 0 Å². The van der Waals surface area contributed by atoms with E-state index < -0.39 is 0 Å². The van der Waals surface area contributed by atoms with E-state index in [9.17, 15) is 0 Å². The molecular formula is C14H22N2. The summed E-state index contributed by atoms with van der Waals surface area (Å²) in [6.45, 7) is 7.98. The molecule has 0 aliphatic carbocycles. The number of likely N-dealkylation sites (N-methyl/N-ethyl adjacent to an activating group) is 1. The average Bonchev–Trinajstić information content (AvgIpc) is 2.43. The van der Waals surface area contributed by atoms with Crippen LogP contribution in [0.15, 0.2) is 24.3 Å². The number of hydrogen-bond donors (Lipinski definition) is 0. The lowest BCUT2D eigenvalue weighted by atomic mass is 10.2. The fourth-order valence-electron chi connectivity index (χ4n) is 2.27. The van der Waals surface area contributed by atoms with Gasteiger partial charge in [0.2, 0.25) is 0 Å². The molecule has 1 aliphatic heterocycles. The van der Waals surface area contributed by atoms with E-state index in [-0.39, 0.29) is 0 Å². The summed E-state index contributed by atoms with van der Waals surface area (Å²) in [6, 6.07) is 9.54. The molecule has 2 nitrogen and oxygen atoms in total. The molecule has 1 atom stereocenters. The number of nitrogens with zero attached hydrogens (tertiary/aromatic N) is 2. The van der Waals surface area contributed by atoms with Gasteiger partial charge in [0.15, 0.2) is 0 Å². The first-order chi connectivity index (χ1) is 7.66. The van der Waals surface area contributed by atoms with Crippen LogP contribution in [-0.2, 0) is 0 Å². The molecule has 88 valence electrons. The zero-order valence-electron chi connectivity index (χ0n) is 10.6. The van der Waals surface area contributed by atoms with Gasteiger partial charge in [0.1, 0.15) is 0 Å². The Morgan fingerprint density at radius 2 is 1.81 bits per heavy atom. The Hall–Kier alpha value is -1.02. The first-order valence-electron chi connectivity index (χ1n) is 6.18. The van der Waals surface area contributed by atoms with E-state index in [4.69, 9.17) is 0 Å². The van der Waals surface area contributed by atoms with Gasteiger partial charge >= 0.3 is 0 Å². The van der Waals surface area contributed by atoms with E-state index in [1.807, 2.05) is 0 Å². The Morgan fingerprint density at radius 3 is 2.50 bits per heavy atom. The summed E-state index contributed by atoms with van der Waals surface area (Å²) in [5.41, 5.74) is 2.71. The third-order valence-electron chi connectivity index (χ3n) is 3.58. The normalized spacial score (nSPS) is 23.2. The second kappa shape index (κ2) is 4.88. The minimum absolute atomic E-state index is 0.642. The van der Waals surface area contributed by atoms with Crippen LogP contribution >= 0.6 is 0 Å². The number of benzene rings is 1. The molecule has 1 unspecified atom stereocenters. The van der Waals surface area contributed by atoms with E-state index >= 15 is 0 Å². The highest BCUT2D eigenvalue weighted by molar-refractivity contribution is 5.47. The quantitative estimate of drug-likeness (QED) is 0.714. The van der Waals surface area contributed by atoms with Crippen LogP contribution in [0.3, 0.4) is 0 Å². The highest BCUT2D eigenvalue weighted by Crippen LogP contribution is 2.18. The number of rotatable bonds is 1. The molecule has 1 fully saturated rings. The van der Waals surface area contributed by atoms with Gasteiger partial charge in [-0.3, -0.25) is 0 Å². The Kier molecular flexibility index (Phi) is 3.49. The third-order valence-corrected chi connectivity index (χ3v) is 3.58. The van der Waals surface area contributed by atoms with Crippen molar-refractivity contribution in [3.8, 4) is 0 Å². The summed E-state index contributed by atoms with van der Waals surface area (Å²) in [7, 11) is 2.23. The number of aryl methyl sites for hydroxylation is 1. The van der Waals surface area contributed by atoms with Gasteiger partial charge in [-0.15, -0.1) is 0 Å². The van der Waals surface area contributed by atoms with Crippen molar-refractivity contribution in [3.63, 3.8) is 0 Å². The van der Waals surface area contributed by atoms with Crippen LogP contribution in [0.4, 0.5) is 5.69 Å². The molecule has 1 aliphatic rings. The van der Waals surface area contributed by atoms with Gasteiger partial charge in [0.05, 0.1) is 0 Å². The molecule has 1 aromatic carbocycles. The van der Waals surface area contributed by atoms with Crippen LogP contribution in [-0.4, -0.2) is 37.6 Å². The summed E-state index contributed by atoms with van der Waals surface area (Å²) in [5, 5.41) is 0. The second-order valence-corrected chi connectivity index (χ2v) is 4.96. The van der Waals surface area contributed by atoms with Crippen LogP contribution in [0.5, 0.6) is 0 Å². The summed E-state index contributed by atoms with van der Waals surface area (Å²) in [6.07, 6.45) is 1.26. The van der Waals surface area contributed by atoms with Crippen LogP contribution in [0.1, 0.15) is 18.9 Å². The second-order valence-electron chi connectivity index (χ2n) is 4.96. The molecule has 0 N–H and O–H groups in total. The zero-order valence-corrected chi connectivity index (χ0v) is 10.6. The van der Waals surface area contributed by atoms with E-state index in [1.165, 1.54) is 30.8 Å². The van der Waals surface area contributed by atoms with Gasteiger partial charge in [0.25, 0.3) is 0 Å². The van der Waals surface area contributed by atoms with Crippen LogP contribution in [0.2, 0.25) is 0 Å². The molecule has 0 aromatic heterocycles. The molecule has 0 radical (unpaired) electrons. The lowest BCUT2D eigenvalue weighted by Crippen LogP contribution is -2.36. The van der Waals surface area contributed by atoms with E-state index in [0.29, 0.717) is 6.04 Å². The van der Waals surface area contributed by atoms with Crippen molar-refractivity contribution in [3.05, 3.63) is 29.8 Å². The minimum Gasteiger partial charge on any atom is -0.370 e. The fraction of sp³-hybridized carbons (Fsp3) is 0.571. The van der Waals surface area contributed by atoms with Gasteiger partial charge in [-0.1, -0.05) is 17.7 Å². The maximum atomic E-state index is 2.51. The standard InChI is InChI=1S/C14H22N2/c1-12-5-7-14(8-6-12)16-10-4-9-15(3)13(2)11-16/h5-8,13H,4,9-11H2,1-3H3. The Morgan fingerprint density at radius 1 is 1.12 bits per heavy atom. The maximum Gasteiger partial charge on any atom is 0.0366 e. The minimum atomic E-state index is 0.642. The highest BCUT2D eigenvalue weighted by atomic mass is 15.2. The van der Waals surface area contributed by atoms with Crippen molar-refractivity contribution >= 4 is 5.69 Å². The van der Waals surface area contributed by atoms with Gasteiger partial charge < -0.3 is 9.80 Å². The predicted octanol–water partition coefficient (Wildman–Crippen LogP) is 2.53. The van der Waals surface area contributed by atoms with Crippen molar-refractivity contribution in [2.75, 3.05) is 31.6 Å². The smallest absolute Gasteiger partial charge is 0.0366 e. The lowest BCUT2D eigenvalue weighted by molar-refractivity contribution is 0.278. The summed E-state index contributed by atoms with van der Waals surface area (Å²) in [5.74, 6) is 0. The summed E-state index contributed by atoms with van der Waals surface area (Å²) >= 11 is 0. The number of hydrogen-bond acceptors (Lipinski definition) is 2. The van der Waals surface area contributed by atoms with Crippen molar-refractivity contribution in [1.29, 1.82) is 0 Å².